The molecule has 1 aromatic heterocycles. The van der Waals surface area contributed by atoms with Crippen LogP contribution in [-0.2, 0) is 6.42 Å². The molecular formula is C24H27FN6O. The standard InChI is InChI=1S/C24H27FN6O/c1-14-8-17-4-5-19(23(25)18(17)9-14)32-24-29-21(28-20-10-15(2)12-27-20)11-22(30-24)31-7-6-26-13-16(31)3/h4-5,9-11,16,26H,6-8,12-13H2,1-3H3,(H,27,28,29,30). The summed E-state index contributed by atoms with van der Waals surface area (Å²) < 4.78 is 21.0. The van der Waals surface area contributed by atoms with Gasteiger partial charge in [-0.1, -0.05) is 17.7 Å². The van der Waals surface area contributed by atoms with Crippen LogP contribution in [0.3, 0.4) is 0 Å². The molecule has 0 amide bonds. The fourth-order valence-electron chi connectivity index (χ4n) is 4.29. The molecule has 3 heterocycles. The Morgan fingerprint density at radius 2 is 2.06 bits per heavy atom. The third kappa shape index (κ3) is 4.10. The normalized spacial score (nSPS) is 19.9. The molecule has 0 radical (unpaired) electrons. The van der Waals surface area contributed by atoms with Crippen LogP contribution in [0, 0.1) is 5.82 Å². The van der Waals surface area contributed by atoms with Crippen molar-refractivity contribution in [3.05, 3.63) is 52.4 Å². The first-order valence-corrected chi connectivity index (χ1v) is 11.0. The molecule has 0 bridgehead atoms. The van der Waals surface area contributed by atoms with Crippen molar-refractivity contribution in [3.63, 3.8) is 0 Å². The Hall–Kier alpha value is -3.26. The number of amidine groups is 1. The molecule has 1 aromatic carbocycles. The zero-order valence-electron chi connectivity index (χ0n) is 18.6. The highest BCUT2D eigenvalue weighted by atomic mass is 19.1. The van der Waals surface area contributed by atoms with Crippen molar-refractivity contribution in [1.82, 2.24) is 15.3 Å². The van der Waals surface area contributed by atoms with Gasteiger partial charge < -0.3 is 20.3 Å². The van der Waals surface area contributed by atoms with Crippen molar-refractivity contribution < 1.29 is 9.13 Å². The minimum atomic E-state index is -0.378. The first kappa shape index (κ1) is 20.6. The maximum atomic E-state index is 15.1. The molecule has 7 nitrogen and oxygen atoms in total. The fourth-order valence-corrected chi connectivity index (χ4v) is 4.29. The van der Waals surface area contributed by atoms with Gasteiger partial charge in [0.05, 0.1) is 6.54 Å². The molecular weight excluding hydrogens is 407 g/mol. The Kier molecular flexibility index (Phi) is 5.38. The molecule has 5 rings (SSSR count). The maximum absolute atomic E-state index is 15.1. The number of ether oxygens (including phenoxy) is 1. The van der Waals surface area contributed by atoms with E-state index in [2.05, 4.69) is 37.4 Å². The highest BCUT2D eigenvalue weighted by Gasteiger charge is 2.23. The summed E-state index contributed by atoms with van der Waals surface area (Å²) in [7, 11) is 0. The zero-order valence-corrected chi connectivity index (χ0v) is 18.6. The second-order valence-corrected chi connectivity index (χ2v) is 8.68. The summed E-state index contributed by atoms with van der Waals surface area (Å²) in [4.78, 5) is 15.8. The van der Waals surface area contributed by atoms with Gasteiger partial charge in [0, 0.05) is 37.3 Å². The monoisotopic (exact) mass is 434 g/mol. The number of nitrogens with one attached hydrogen (secondary N) is 2. The number of rotatable bonds is 4. The van der Waals surface area contributed by atoms with Crippen molar-refractivity contribution in [2.75, 3.05) is 36.4 Å². The minimum Gasteiger partial charge on any atom is -0.421 e. The molecule has 166 valence electrons. The lowest BCUT2D eigenvalue weighted by molar-refractivity contribution is 0.409. The molecule has 2 aliphatic heterocycles. The van der Waals surface area contributed by atoms with Crippen LogP contribution in [0.5, 0.6) is 11.8 Å². The smallest absolute Gasteiger partial charge is 0.326 e. The van der Waals surface area contributed by atoms with Crippen molar-refractivity contribution >= 4 is 23.5 Å². The van der Waals surface area contributed by atoms with E-state index < -0.39 is 0 Å². The second kappa shape index (κ2) is 8.35. The maximum Gasteiger partial charge on any atom is 0.326 e. The van der Waals surface area contributed by atoms with Gasteiger partial charge >= 0.3 is 6.01 Å². The number of hydrogen-bond acceptors (Lipinski definition) is 7. The summed E-state index contributed by atoms with van der Waals surface area (Å²) in [5.41, 5.74) is 3.87. The van der Waals surface area contributed by atoms with Crippen molar-refractivity contribution in [2.24, 2.45) is 4.99 Å². The molecule has 8 heteroatoms. The van der Waals surface area contributed by atoms with Crippen LogP contribution in [0.2, 0.25) is 0 Å². The van der Waals surface area contributed by atoms with Gasteiger partial charge in [-0.05, 0) is 50.5 Å². The number of aliphatic imine (C=N–C) groups is 1. The van der Waals surface area contributed by atoms with Gasteiger partial charge in [-0.2, -0.15) is 9.97 Å². The Labute approximate surface area is 187 Å². The summed E-state index contributed by atoms with van der Waals surface area (Å²) in [6.07, 6.45) is 4.63. The predicted octanol–water partition coefficient (Wildman–Crippen LogP) is 3.94. The highest BCUT2D eigenvalue weighted by Crippen LogP contribution is 2.34. The first-order valence-electron chi connectivity index (χ1n) is 11.0. The van der Waals surface area contributed by atoms with E-state index in [9.17, 15) is 0 Å². The number of anilines is 2. The van der Waals surface area contributed by atoms with Gasteiger partial charge in [-0.3, -0.25) is 4.99 Å². The largest absolute Gasteiger partial charge is 0.421 e. The lowest BCUT2D eigenvalue weighted by atomic mass is 10.1. The van der Waals surface area contributed by atoms with Gasteiger partial charge in [-0.25, -0.2) is 4.39 Å². The number of piperazine rings is 1. The lowest BCUT2D eigenvalue weighted by Crippen LogP contribution is -2.50. The molecule has 1 fully saturated rings. The molecule has 2 aromatic rings. The number of fused-ring (bicyclic) bond motifs is 1. The summed E-state index contributed by atoms with van der Waals surface area (Å²) in [6, 6.07) is 5.82. The Balaban J connectivity index is 1.49. The molecule has 1 aliphatic carbocycles. The molecule has 3 aliphatic rings. The summed E-state index contributed by atoms with van der Waals surface area (Å²) in [6.45, 7) is 9.40. The quantitative estimate of drug-likeness (QED) is 0.760. The third-order valence-electron chi connectivity index (χ3n) is 5.92. The van der Waals surface area contributed by atoms with Crippen LogP contribution in [0.4, 0.5) is 16.0 Å². The fraction of sp³-hybridized carbons (Fsp3) is 0.375. The van der Waals surface area contributed by atoms with E-state index in [1.807, 2.05) is 38.1 Å². The van der Waals surface area contributed by atoms with Crippen molar-refractivity contribution in [3.8, 4) is 11.8 Å². The van der Waals surface area contributed by atoms with E-state index in [-0.39, 0.29) is 23.6 Å². The van der Waals surface area contributed by atoms with E-state index in [4.69, 9.17) is 4.74 Å². The van der Waals surface area contributed by atoms with Gasteiger partial charge in [0.15, 0.2) is 11.6 Å². The molecule has 1 unspecified atom stereocenters. The van der Waals surface area contributed by atoms with Crippen LogP contribution in [-0.4, -0.2) is 48.0 Å². The van der Waals surface area contributed by atoms with Crippen LogP contribution in [0.25, 0.3) is 6.08 Å². The van der Waals surface area contributed by atoms with Crippen LogP contribution in [0.1, 0.15) is 31.9 Å². The van der Waals surface area contributed by atoms with Gasteiger partial charge in [0.25, 0.3) is 0 Å². The number of nitrogens with zero attached hydrogens (tertiary/aromatic N) is 4. The number of hydrogen-bond donors (Lipinski definition) is 2. The zero-order chi connectivity index (χ0) is 22.2. The van der Waals surface area contributed by atoms with Gasteiger partial charge in [-0.15, -0.1) is 0 Å². The van der Waals surface area contributed by atoms with E-state index in [1.165, 1.54) is 5.57 Å². The number of halogens is 1. The molecule has 32 heavy (non-hydrogen) atoms. The first-order chi connectivity index (χ1) is 15.5. The average Bonchev–Trinajstić information content (AvgIpc) is 3.35. The van der Waals surface area contributed by atoms with Crippen LogP contribution >= 0.6 is 0 Å². The molecule has 2 N–H and O–H groups in total. The minimum absolute atomic E-state index is 0.104. The summed E-state index contributed by atoms with van der Waals surface area (Å²) >= 11 is 0. The third-order valence-corrected chi connectivity index (χ3v) is 5.92. The molecule has 1 atom stereocenters. The SMILES string of the molecule is CC1=CC(Nc2cc(N3CCNCC3C)nc(Oc3ccc4c(c3F)C=C(C)C4)n2)=NC1. The molecule has 1 saturated heterocycles. The highest BCUT2D eigenvalue weighted by molar-refractivity contribution is 6.05. The van der Waals surface area contributed by atoms with E-state index in [0.717, 1.165) is 48.8 Å². The lowest BCUT2D eigenvalue weighted by Gasteiger charge is -2.35. The van der Waals surface area contributed by atoms with E-state index >= 15 is 4.39 Å². The van der Waals surface area contributed by atoms with Crippen LogP contribution in [0.15, 0.2) is 40.4 Å². The van der Waals surface area contributed by atoms with E-state index in [0.29, 0.717) is 17.9 Å². The van der Waals surface area contributed by atoms with Gasteiger partial charge in [0.1, 0.15) is 17.5 Å². The number of benzene rings is 1. The van der Waals surface area contributed by atoms with Crippen molar-refractivity contribution in [1.29, 1.82) is 0 Å². The Bertz CT molecular complexity index is 1160. The van der Waals surface area contributed by atoms with Gasteiger partial charge in [0.2, 0.25) is 0 Å². The Morgan fingerprint density at radius 3 is 2.84 bits per heavy atom. The summed E-state index contributed by atoms with van der Waals surface area (Å²) in [5, 5.41) is 6.64. The molecule has 0 spiro atoms. The average molecular weight is 435 g/mol. The second-order valence-electron chi connectivity index (χ2n) is 8.68. The Morgan fingerprint density at radius 1 is 1.19 bits per heavy atom. The van der Waals surface area contributed by atoms with Crippen LogP contribution < -0.4 is 20.3 Å². The molecule has 0 saturated carbocycles. The topological polar surface area (TPSA) is 74.7 Å². The number of aromatic nitrogens is 2. The van der Waals surface area contributed by atoms with Crippen molar-refractivity contribution in [2.45, 2.75) is 33.2 Å². The predicted molar refractivity (Wildman–Crippen MR) is 125 cm³/mol. The number of allylic oxidation sites excluding steroid dienone is 1. The van der Waals surface area contributed by atoms with E-state index in [1.54, 1.807) is 6.07 Å². The summed E-state index contributed by atoms with van der Waals surface area (Å²) in [5.74, 6) is 1.80.